The van der Waals surface area contributed by atoms with Crippen LogP contribution in [-0.2, 0) is 42.9 Å². The summed E-state index contributed by atoms with van der Waals surface area (Å²) < 4.78 is 20.1. The van der Waals surface area contributed by atoms with Crippen LogP contribution in [0.1, 0.15) is 109 Å². The number of hydrogen-bond donors (Lipinski definition) is 3. The third-order valence-corrected chi connectivity index (χ3v) is 8.55. The molecule has 290 valence electrons. The van der Waals surface area contributed by atoms with E-state index in [4.69, 9.17) is 18.9 Å². The molecule has 2 fully saturated rings. The summed E-state index contributed by atoms with van der Waals surface area (Å²) in [7, 11) is 0. The average molecular weight is 724 g/mol. The SMILES string of the molecule is C.C.C=C(C)C(=O)OCCOC(=O)NC1CC(C)(C)CC(C)(C(=O)C(=O)C(=O)NC2CC(C)(C)CC(C)(NC(=O)OCCOC(=O)C(=C)C)C2)C1. The van der Waals surface area contributed by atoms with E-state index in [1.54, 1.807) is 13.8 Å². The van der Waals surface area contributed by atoms with Gasteiger partial charge in [-0.05, 0) is 70.1 Å². The van der Waals surface area contributed by atoms with Gasteiger partial charge in [0.15, 0.2) is 0 Å². The number of rotatable bonds is 14. The van der Waals surface area contributed by atoms with Gasteiger partial charge in [0, 0.05) is 34.2 Å². The van der Waals surface area contributed by atoms with Gasteiger partial charge in [0.25, 0.3) is 11.7 Å². The molecule has 2 rings (SSSR count). The molecule has 51 heavy (non-hydrogen) atoms. The van der Waals surface area contributed by atoms with E-state index in [-0.39, 0.29) is 70.7 Å². The number of ketones is 2. The monoisotopic (exact) mass is 723 g/mol. The van der Waals surface area contributed by atoms with Crippen LogP contribution in [0.15, 0.2) is 24.3 Å². The summed E-state index contributed by atoms with van der Waals surface area (Å²) >= 11 is 0. The van der Waals surface area contributed by atoms with Crippen molar-refractivity contribution in [2.45, 2.75) is 126 Å². The van der Waals surface area contributed by atoms with Crippen LogP contribution in [-0.4, -0.2) is 85.6 Å². The lowest BCUT2D eigenvalue weighted by Gasteiger charge is -2.47. The first kappa shape index (κ1) is 46.8. The lowest BCUT2D eigenvalue weighted by atomic mass is 9.60. The minimum atomic E-state index is -1.24. The Balaban J connectivity index is 0.0000125. The molecule has 4 unspecified atom stereocenters. The van der Waals surface area contributed by atoms with Gasteiger partial charge < -0.3 is 34.9 Å². The van der Waals surface area contributed by atoms with E-state index in [2.05, 4.69) is 29.1 Å². The van der Waals surface area contributed by atoms with Gasteiger partial charge in [0.05, 0.1) is 0 Å². The van der Waals surface area contributed by atoms with Crippen molar-refractivity contribution >= 4 is 41.6 Å². The van der Waals surface area contributed by atoms with Gasteiger partial charge in [-0.1, -0.05) is 62.6 Å². The van der Waals surface area contributed by atoms with Crippen LogP contribution in [0.4, 0.5) is 9.59 Å². The Morgan fingerprint density at radius 3 is 1.53 bits per heavy atom. The Bertz CT molecular complexity index is 1350. The number of nitrogens with one attached hydrogen (secondary N) is 3. The normalized spacial score (nSPS) is 24.4. The van der Waals surface area contributed by atoms with Crippen molar-refractivity contribution in [3.05, 3.63) is 24.3 Å². The molecule has 0 bridgehead atoms. The predicted molar refractivity (Wildman–Crippen MR) is 191 cm³/mol. The Hall–Kier alpha value is -4.23. The van der Waals surface area contributed by atoms with Gasteiger partial charge in [-0.25, -0.2) is 19.2 Å². The predicted octanol–water partition coefficient (Wildman–Crippen LogP) is 5.13. The van der Waals surface area contributed by atoms with Crippen molar-refractivity contribution in [1.82, 2.24) is 16.0 Å². The van der Waals surface area contributed by atoms with Crippen LogP contribution < -0.4 is 16.0 Å². The number of hydrogen-bond acceptors (Lipinski definition) is 11. The molecule has 0 aromatic carbocycles. The molecule has 14 heteroatoms. The van der Waals surface area contributed by atoms with Gasteiger partial charge in [-0.2, -0.15) is 0 Å². The van der Waals surface area contributed by atoms with E-state index >= 15 is 0 Å². The molecule has 2 aliphatic rings. The number of esters is 2. The first-order chi connectivity index (χ1) is 22.5. The molecule has 3 N–H and O–H groups in total. The smallest absolute Gasteiger partial charge is 0.407 e. The van der Waals surface area contributed by atoms with Crippen molar-refractivity contribution < 1.29 is 52.5 Å². The molecule has 14 nitrogen and oxygen atoms in total. The summed E-state index contributed by atoms with van der Waals surface area (Å²) in [5.41, 5.74) is -2.44. The number of carbonyl (C=O) groups excluding carboxylic acids is 7. The second-order valence-electron chi connectivity index (χ2n) is 15.5. The maximum Gasteiger partial charge on any atom is 0.407 e. The van der Waals surface area contributed by atoms with Crippen molar-refractivity contribution in [1.29, 1.82) is 0 Å². The summed E-state index contributed by atoms with van der Waals surface area (Å²) in [5.74, 6) is -4.25. The third-order valence-electron chi connectivity index (χ3n) is 8.55. The summed E-state index contributed by atoms with van der Waals surface area (Å²) in [6.45, 7) is 20.5. The molecule has 0 heterocycles. The van der Waals surface area contributed by atoms with Crippen molar-refractivity contribution in [2.75, 3.05) is 26.4 Å². The highest BCUT2D eigenvalue weighted by Gasteiger charge is 2.50. The number of alkyl carbamates (subject to hydrolysis) is 2. The maximum absolute atomic E-state index is 13.6. The fourth-order valence-electron chi connectivity index (χ4n) is 7.34. The van der Waals surface area contributed by atoms with Crippen LogP contribution in [0.5, 0.6) is 0 Å². The summed E-state index contributed by atoms with van der Waals surface area (Å²) in [4.78, 5) is 88.2. The zero-order chi connectivity index (χ0) is 37.4. The molecular formula is C37H61N3O11. The number of amides is 3. The highest BCUT2D eigenvalue weighted by Crippen LogP contribution is 2.47. The lowest BCUT2D eigenvalue weighted by Crippen LogP contribution is -2.59. The summed E-state index contributed by atoms with van der Waals surface area (Å²) in [6.07, 6.45) is 0.746. The van der Waals surface area contributed by atoms with E-state index in [0.29, 0.717) is 25.7 Å². The van der Waals surface area contributed by atoms with Crippen molar-refractivity contribution in [2.24, 2.45) is 16.2 Å². The van der Waals surface area contributed by atoms with Crippen LogP contribution in [0.2, 0.25) is 0 Å². The van der Waals surface area contributed by atoms with Gasteiger partial charge in [-0.3, -0.25) is 14.4 Å². The molecule has 0 aliphatic heterocycles. The standard InChI is InChI=1S/C35H53N3O11.2CH4/c1-21(2)28(42)46-11-13-48-30(44)37-23-15-32(5,6)19-34(9,17-23)26(40)25(39)27(41)36-24-16-33(7,8)20-35(10,18-24)38-31(45)49-14-12-47-29(43)22(3)4;;/h23-24H,1,3,11-20H2,2,4-10H3,(H,36,41)(H,37,44)(H,38,45);2*1H4. The number of carbonyl (C=O) groups is 7. The fraction of sp³-hybridized carbons (Fsp3) is 0.703. The van der Waals surface area contributed by atoms with Gasteiger partial charge in [0.1, 0.15) is 26.4 Å². The molecule has 0 spiro atoms. The Morgan fingerprint density at radius 2 is 1.04 bits per heavy atom. The maximum atomic E-state index is 13.6. The Labute approximate surface area is 303 Å². The zero-order valence-corrected chi connectivity index (χ0v) is 30.1. The largest absolute Gasteiger partial charge is 0.459 e. The van der Waals surface area contributed by atoms with Gasteiger partial charge in [-0.15, -0.1) is 0 Å². The second kappa shape index (κ2) is 18.8. The summed E-state index contributed by atoms with van der Waals surface area (Å²) in [6, 6.07) is -1.06. The van der Waals surface area contributed by atoms with E-state index in [1.165, 1.54) is 13.8 Å². The molecule has 0 aromatic heterocycles. The average Bonchev–Trinajstić information content (AvgIpc) is 2.93. The minimum absolute atomic E-state index is 0. The highest BCUT2D eigenvalue weighted by molar-refractivity contribution is 6.64. The molecule has 2 saturated carbocycles. The lowest BCUT2D eigenvalue weighted by molar-refractivity contribution is -0.151. The van der Waals surface area contributed by atoms with Crippen molar-refractivity contribution in [3.63, 3.8) is 0 Å². The van der Waals surface area contributed by atoms with Crippen molar-refractivity contribution in [3.8, 4) is 0 Å². The fourth-order valence-corrected chi connectivity index (χ4v) is 7.34. The molecule has 0 radical (unpaired) electrons. The van der Waals surface area contributed by atoms with Gasteiger partial charge in [0.2, 0.25) is 5.78 Å². The van der Waals surface area contributed by atoms with E-state index in [1.807, 2.05) is 27.7 Å². The van der Waals surface area contributed by atoms with Crippen LogP contribution >= 0.6 is 0 Å². The second-order valence-corrected chi connectivity index (χ2v) is 15.5. The first-order valence-corrected chi connectivity index (χ1v) is 16.4. The quantitative estimate of drug-likeness (QED) is 0.0538. The summed E-state index contributed by atoms with van der Waals surface area (Å²) in [5, 5.41) is 8.30. The molecule has 0 aromatic rings. The molecule has 2 aliphatic carbocycles. The van der Waals surface area contributed by atoms with Crippen LogP contribution in [0.25, 0.3) is 0 Å². The minimum Gasteiger partial charge on any atom is -0.459 e. The third kappa shape index (κ3) is 14.9. The number of Topliss-reactive ketones (excluding diaryl/α,β-unsaturated/α-hetero) is 2. The highest BCUT2D eigenvalue weighted by atomic mass is 16.6. The molecule has 4 atom stereocenters. The molecular weight excluding hydrogens is 662 g/mol. The van der Waals surface area contributed by atoms with E-state index in [0.717, 1.165) is 0 Å². The molecule has 0 saturated heterocycles. The molecule has 3 amide bonds. The van der Waals surface area contributed by atoms with Crippen LogP contribution in [0.3, 0.4) is 0 Å². The van der Waals surface area contributed by atoms with Crippen LogP contribution in [0, 0.1) is 16.2 Å². The van der Waals surface area contributed by atoms with Gasteiger partial charge >= 0.3 is 24.1 Å². The van der Waals surface area contributed by atoms with E-state index < -0.39 is 70.1 Å². The Kier molecular flexibility index (Phi) is 17.3. The zero-order valence-electron chi connectivity index (χ0n) is 30.1. The first-order valence-electron chi connectivity index (χ1n) is 16.4. The van der Waals surface area contributed by atoms with E-state index in [9.17, 15) is 33.6 Å². The topological polar surface area (TPSA) is 192 Å². The number of ether oxygens (including phenoxy) is 4. The Morgan fingerprint density at radius 1 is 0.608 bits per heavy atom.